The number of rotatable bonds is 9. The summed E-state index contributed by atoms with van der Waals surface area (Å²) in [6.07, 6.45) is 6.80. The van der Waals surface area contributed by atoms with Gasteiger partial charge < -0.3 is 35.2 Å². The van der Waals surface area contributed by atoms with E-state index < -0.39 is 12.3 Å². The number of aromatic nitrogens is 3. The maximum Gasteiger partial charge on any atom is 0.272 e. The Labute approximate surface area is 343 Å². The number of hydrogen-bond donors (Lipinski definition) is 3. The molecule has 4 aromatic rings. The van der Waals surface area contributed by atoms with E-state index in [1.807, 2.05) is 36.4 Å². The summed E-state index contributed by atoms with van der Waals surface area (Å²) in [5.41, 5.74) is 4.27. The number of carbonyl (C=O) groups is 3. The molecule has 0 spiro atoms. The largest absolute Gasteiger partial charge is 0.490 e. The Hall–Kier alpha value is -5.85. The Kier molecular flexibility index (Phi) is 11.0. The van der Waals surface area contributed by atoms with Crippen LogP contribution >= 0.6 is 0 Å². The highest BCUT2D eigenvalue weighted by Crippen LogP contribution is 2.33. The molecular weight excluding hydrogens is 749 g/mol. The Morgan fingerprint density at radius 2 is 1.73 bits per heavy atom. The first kappa shape index (κ1) is 38.7. The number of nitrogens with zero attached hydrogens (tertiary/aromatic N) is 8. The number of aliphatic hydroxyl groups is 1. The molecule has 9 rings (SSSR count). The van der Waals surface area contributed by atoms with Crippen LogP contribution in [0.15, 0.2) is 60.8 Å². The fourth-order valence-electron chi connectivity index (χ4n) is 9.51. The summed E-state index contributed by atoms with van der Waals surface area (Å²) in [6, 6.07) is 19.0. The lowest BCUT2D eigenvalue weighted by Crippen LogP contribution is -2.55. The predicted molar refractivity (Wildman–Crippen MR) is 220 cm³/mol. The zero-order valence-corrected chi connectivity index (χ0v) is 33.1. The van der Waals surface area contributed by atoms with Crippen LogP contribution < -0.4 is 25.2 Å². The van der Waals surface area contributed by atoms with Crippen molar-refractivity contribution in [3.05, 3.63) is 83.2 Å². The minimum atomic E-state index is -1.04. The van der Waals surface area contributed by atoms with E-state index >= 15 is 0 Å². The number of pyridine rings is 1. The van der Waals surface area contributed by atoms with Crippen molar-refractivity contribution < 1.29 is 24.2 Å². The average Bonchev–Trinajstić information content (AvgIpc) is 3.59. The van der Waals surface area contributed by atoms with Gasteiger partial charge in [0.25, 0.3) is 11.8 Å². The van der Waals surface area contributed by atoms with Gasteiger partial charge in [-0.05, 0) is 111 Å². The lowest BCUT2D eigenvalue weighted by molar-refractivity contribution is -0.129. The number of hydrogen-bond acceptors (Lipinski definition) is 12. The van der Waals surface area contributed by atoms with Crippen LogP contribution in [0, 0.1) is 17.2 Å². The molecule has 15 nitrogen and oxygen atoms in total. The van der Waals surface area contributed by atoms with E-state index in [1.54, 1.807) is 23.2 Å². The second-order valence-corrected chi connectivity index (χ2v) is 16.6. The first-order valence-corrected chi connectivity index (χ1v) is 21.0. The van der Waals surface area contributed by atoms with Gasteiger partial charge in [0.15, 0.2) is 11.5 Å². The lowest BCUT2D eigenvalue weighted by atomic mass is 9.92. The van der Waals surface area contributed by atoms with E-state index in [0.717, 1.165) is 113 Å². The molecule has 1 aliphatic carbocycles. The number of ether oxygens (including phenoxy) is 1. The predicted octanol–water partition coefficient (Wildman–Crippen LogP) is 3.61. The minimum Gasteiger partial charge on any atom is -0.490 e. The van der Waals surface area contributed by atoms with Gasteiger partial charge in [0, 0.05) is 87.7 Å². The molecule has 2 aromatic heterocycles. The van der Waals surface area contributed by atoms with Gasteiger partial charge in [0.2, 0.25) is 5.91 Å². The molecule has 306 valence electrons. The topological polar surface area (TPSA) is 180 Å². The third-order valence-corrected chi connectivity index (χ3v) is 12.9. The molecule has 2 atom stereocenters. The van der Waals surface area contributed by atoms with Crippen LogP contribution in [-0.2, 0) is 11.3 Å². The monoisotopic (exact) mass is 798 g/mol. The van der Waals surface area contributed by atoms with E-state index in [-0.39, 0.29) is 29.9 Å². The van der Waals surface area contributed by atoms with E-state index in [2.05, 4.69) is 52.7 Å². The Morgan fingerprint density at radius 1 is 0.915 bits per heavy atom. The van der Waals surface area contributed by atoms with Gasteiger partial charge >= 0.3 is 0 Å². The van der Waals surface area contributed by atoms with Crippen molar-refractivity contribution in [2.75, 3.05) is 55.6 Å². The van der Waals surface area contributed by atoms with Crippen LogP contribution in [0.4, 0.5) is 11.5 Å². The Morgan fingerprint density at radius 3 is 2.47 bits per heavy atom. The van der Waals surface area contributed by atoms with Crippen LogP contribution in [0.5, 0.6) is 5.75 Å². The third-order valence-electron chi connectivity index (χ3n) is 12.9. The number of piperazine rings is 1. The van der Waals surface area contributed by atoms with E-state index in [4.69, 9.17) is 4.74 Å². The van der Waals surface area contributed by atoms with Crippen LogP contribution in [0.25, 0.3) is 10.9 Å². The Balaban J connectivity index is 0.693. The van der Waals surface area contributed by atoms with Crippen molar-refractivity contribution in [1.82, 2.24) is 35.6 Å². The third kappa shape index (κ3) is 8.24. The molecule has 1 unspecified atom stereocenters. The van der Waals surface area contributed by atoms with Gasteiger partial charge in [-0.15, -0.1) is 10.2 Å². The zero-order valence-electron chi connectivity index (χ0n) is 33.1. The molecule has 3 N–H and O–H groups in total. The minimum absolute atomic E-state index is 0.0232. The number of nitriles is 1. The summed E-state index contributed by atoms with van der Waals surface area (Å²) < 4.78 is 6.36. The van der Waals surface area contributed by atoms with Gasteiger partial charge in [-0.3, -0.25) is 24.3 Å². The number of piperidine rings is 2. The lowest BCUT2D eigenvalue weighted by Gasteiger charge is -2.39. The first-order valence-electron chi connectivity index (χ1n) is 21.0. The summed E-state index contributed by atoms with van der Waals surface area (Å²) in [4.78, 5) is 51.3. The fraction of sp³-hybridized carbons (Fsp3) is 0.477. The normalized spacial score (nSPS) is 24.1. The molecule has 15 heteroatoms. The van der Waals surface area contributed by atoms with E-state index in [9.17, 15) is 24.8 Å². The molecule has 0 bridgehead atoms. The maximum absolute atomic E-state index is 13.2. The summed E-state index contributed by atoms with van der Waals surface area (Å²) >= 11 is 0. The molecule has 3 saturated heterocycles. The molecule has 4 aliphatic heterocycles. The van der Waals surface area contributed by atoms with E-state index in [0.29, 0.717) is 47.6 Å². The second-order valence-electron chi connectivity index (χ2n) is 16.6. The van der Waals surface area contributed by atoms with Gasteiger partial charge in [0.1, 0.15) is 18.0 Å². The molecule has 6 heterocycles. The number of benzene rings is 2. The molecule has 2 aromatic carbocycles. The van der Waals surface area contributed by atoms with Crippen molar-refractivity contribution in [2.24, 2.45) is 5.92 Å². The van der Waals surface area contributed by atoms with Crippen LogP contribution in [0.3, 0.4) is 0 Å². The molecule has 1 saturated carbocycles. The van der Waals surface area contributed by atoms with Crippen molar-refractivity contribution in [3.8, 4) is 11.8 Å². The van der Waals surface area contributed by atoms with Gasteiger partial charge in [-0.2, -0.15) is 5.26 Å². The number of fused-ring (bicyclic) bond motifs is 2. The summed E-state index contributed by atoms with van der Waals surface area (Å²) in [7, 11) is 0. The van der Waals surface area contributed by atoms with Crippen molar-refractivity contribution in [2.45, 2.75) is 82.3 Å². The Bertz CT molecular complexity index is 2240. The highest BCUT2D eigenvalue weighted by Gasteiger charge is 2.39. The summed E-state index contributed by atoms with van der Waals surface area (Å²) in [5.74, 6) is 1.67. The van der Waals surface area contributed by atoms with Crippen LogP contribution in [-0.4, -0.2) is 118 Å². The number of carbonyl (C=O) groups excluding carboxylic acids is 3. The average molecular weight is 799 g/mol. The molecule has 5 aliphatic rings. The molecule has 3 amide bonds. The van der Waals surface area contributed by atoms with Crippen molar-refractivity contribution in [3.63, 3.8) is 0 Å². The number of amides is 3. The number of nitrogens with one attached hydrogen (secondary N) is 2. The molecular formula is C44H50N10O5. The van der Waals surface area contributed by atoms with Gasteiger partial charge in [0.05, 0.1) is 23.2 Å². The number of aliphatic hydroxyl groups excluding tert-OH is 1. The smallest absolute Gasteiger partial charge is 0.272 e. The molecule has 0 radical (unpaired) electrons. The zero-order chi connectivity index (χ0) is 40.5. The SMILES string of the molecule is N#Cc1ccc(O[C@H]2CC[C@H](NC(=O)c3ccc(N4CCC(CN5CCN(c6ccc7c(c6)CN([C@H]6CCC(=O)NC6O)C7=O)CC5)CC4)nn3)CC2)c2cccnc12. The maximum atomic E-state index is 13.2. The number of anilines is 2. The van der Waals surface area contributed by atoms with Crippen LogP contribution in [0.2, 0.25) is 0 Å². The van der Waals surface area contributed by atoms with Gasteiger partial charge in [-0.25, -0.2) is 0 Å². The van der Waals surface area contributed by atoms with Crippen molar-refractivity contribution in [1.29, 1.82) is 5.26 Å². The first-order chi connectivity index (χ1) is 28.8. The summed E-state index contributed by atoms with van der Waals surface area (Å²) in [5, 5.41) is 35.2. The van der Waals surface area contributed by atoms with E-state index in [1.165, 1.54) is 0 Å². The highest BCUT2D eigenvalue weighted by molar-refractivity contribution is 5.99. The molecule has 4 fully saturated rings. The fourth-order valence-corrected chi connectivity index (χ4v) is 9.51. The summed E-state index contributed by atoms with van der Waals surface area (Å²) in [6.45, 7) is 7.12. The highest BCUT2D eigenvalue weighted by atomic mass is 16.5. The van der Waals surface area contributed by atoms with Crippen molar-refractivity contribution >= 4 is 40.1 Å². The standard InChI is InChI=1S/C44H50N10O5/c45-25-29-3-12-38(35-2-1-17-46-41(29)35)59-33-7-4-31(5-8-33)47-42(56)36-10-13-39(50-49-36)53-18-15-28(16-19-53)26-51-20-22-52(23-21-51)32-6-9-34-30(24-32)27-54(44(34)58)37-11-14-40(55)48-43(37)57/h1-3,6,9-10,12-13,17,24,28,31,33,37,43,57H,4-5,7-8,11,14-16,18-23,26-27H2,(H,47,56)(H,48,55)/t31-,33-,37-,43?/m0/s1. The second kappa shape index (κ2) is 16.8. The van der Waals surface area contributed by atoms with Crippen LogP contribution in [0.1, 0.15) is 83.3 Å². The molecule has 59 heavy (non-hydrogen) atoms. The van der Waals surface area contributed by atoms with Gasteiger partial charge in [-0.1, -0.05) is 0 Å². The quantitative estimate of drug-likeness (QED) is 0.224.